The molecule has 0 aliphatic carbocycles. The number of amides is 1. The van der Waals surface area contributed by atoms with E-state index in [1.807, 2.05) is 30.9 Å². The molecule has 0 bridgehead atoms. The van der Waals surface area contributed by atoms with Crippen molar-refractivity contribution in [2.24, 2.45) is 0 Å². The first-order chi connectivity index (χ1) is 9.97. The molecular weight excluding hydrogens is 307 g/mol. The first-order valence-corrected chi connectivity index (χ1v) is 8.19. The van der Waals surface area contributed by atoms with E-state index < -0.39 is 0 Å². The minimum Gasteiger partial charge on any atom is -0.336 e. The van der Waals surface area contributed by atoms with E-state index in [1.165, 1.54) is 0 Å². The summed E-state index contributed by atoms with van der Waals surface area (Å²) in [7, 11) is 0. The maximum Gasteiger partial charge on any atom is 0.224 e. The molecule has 1 N–H and O–H groups in total. The van der Waals surface area contributed by atoms with Crippen LogP contribution in [0, 0.1) is 0 Å². The molecule has 1 heterocycles. The Bertz CT molecular complexity index is 499. The van der Waals surface area contributed by atoms with Gasteiger partial charge in [0.1, 0.15) is 0 Å². The molecule has 1 aliphatic heterocycles. The summed E-state index contributed by atoms with van der Waals surface area (Å²) in [4.78, 5) is 14.4. The molecule has 0 aromatic heterocycles. The zero-order valence-electron chi connectivity index (χ0n) is 12.5. The van der Waals surface area contributed by atoms with Gasteiger partial charge in [-0.15, -0.1) is 0 Å². The Morgan fingerprint density at radius 3 is 2.71 bits per heavy atom. The highest BCUT2D eigenvalue weighted by Crippen LogP contribution is 2.24. The summed E-state index contributed by atoms with van der Waals surface area (Å²) in [6.07, 6.45) is 2.82. The van der Waals surface area contributed by atoms with Crippen LogP contribution in [0.2, 0.25) is 10.0 Å². The Hall–Kier alpha value is -0.770. The molecule has 3 nitrogen and oxygen atoms in total. The van der Waals surface area contributed by atoms with Crippen molar-refractivity contribution in [3.8, 4) is 0 Å². The predicted molar refractivity (Wildman–Crippen MR) is 87.8 cm³/mol. The lowest BCUT2D eigenvalue weighted by atomic mass is 10.1. The maximum atomic E-state index is 12.5. The van der Waals surface area contributed by atoms with Crippen LogP contribution in [0.5, 0.6) is 0 Å². The van der Waals surface area contributed by atoms with Crippen molar-refractivity contribution in [3.05, 3.63) is 33.8 Å². The van der Waals surface area contributed by atoms with Crippen LogP contribution in [0.3, 0.4) is 0 Å². The van der Waals surface area contributed by atoms with Crippen LogP contribution in [0.25, 0.3) is 0 Å². The maximum absolute atomic E-state index is 12.5. The van der Waals surface area contributed by atoms with Gasteiger partial charge >= 0.3 is 0 Å². The van der Waals surface area contributed by atoms with E-state index in [9.17, 15) is 4.79 Å². The molecular formula is C16H22Cl2N2O. The highest BCUT2D eigenvalue weighted by Gasteiger charge is 2.23. The topological polar surface area (TPSA) is 32.3 Å². The lowest BCUT2D eigenvalue weighted by Crippen LogP contribution is -2.39. The van der Waals surface area contributed by atoms with Crippen molar-refractivity contribution in [1.29, 1.82) is 0 Å². The van der Waals surface area contributed by atoms with E-state index in [-0.39, 0.29) is 11.9 Å². The molecule has 5 heteroatoms. The van der Waals surface area contributed by atoms with Gasteiger partial charge in [-0.1, -0.05) is 29.3 Å². The van der Waals surface area contributed by atoms with Crippen molar-refractivity contribution < 1.29 is 4.79 Å². The number of carbonyl (C=O) groups is 1. The van der Waals surface area contributed by atoms with Gasteiger partial charge in [0.2, 0.25) is 5.91 Å². The molecule has 21 heavy (non-hydrogen) atoms. The highest BCUT2D eigenvalue weighted by atomic mass is 35.5. The standard InChI is InChI=1S/C16H22Cl2N2O/c1-11(2)20(16(21)9-13-4-3-7-19-13)10-12-5-6-14(17)15(18)8-12/h5-6,8,11,13,19H,3-4,7,9-10H2,1-2H3. The minimum atomic E-state index is 0.161. The Morgan fingerprint density at radius 2 is 2.14 bits per heavy atom. The number of hydrogen-bond donors (Lipinski definition) is 1. The van der Waals surface area contributed by atoms with Gasteiger partial charge in [0.05, 0.1) is 10.0 Å². The molecule has 1 saturated heterocycles. The normalized spacial score (nSPS) is 18.2. The fraction of sp³-hybridized carbons (Fsp3) is 0.562. The summed E-state index contributed by atoms with van der Waals surface area (Å²) in [6.45, 7) is 5.67. The number of carbonyl (C=O) groups excluding carboxylic acids is 1. The third kappa shape index (κ3) is 4.60. The SMILES string of the molecule is CC(C)N(Cc1ccc(Cl)c(Cl)c1)C(=O)CC1CCCN1. The minimum absolute atomic E-state index is 0.161. The Labute approximate surface area is 136 Å². The molecule has 0 radical (unpaired) electrons. The number of benzene rings is 1. The summed E-state index contributed by atoms with van der Waals surface area (Å²) >= 11 is 12.0. The smallest absolute Gasteiger partial charge is 0.224 e. The molecule has 0 spiro atoms. The Balaban J connectivity index is 2.03. The van der Waals surface area contributed by atoms with Crippen molar-refractivity contribution in [3.63, 3.8) is 0 Å². The van der Waals surface area contributed by atoms with E-state index in [0.717, 1.165) is 24.9 Å². The van der Waals surface area contributed by atoms with Crippen molar-refractivity contribution >= 4 is 29.1 Å². The zero-order chi connectivity index (χ0) is 15.4. The summed E-state index contributed by atoms with van der Waals surface area (Å²) in [5.74, 6) is 0.190. The van der Waals surface area contributed by atoms with Crippen molar-refractivity contribution in [1.82, 2.24) is 10.2 Å². The van der Waals surface area contributed by atoms with Crippen LogP contribution in [0.15, 0.2) is 18.2 Å². The summed E-state index contributed by atoms with van der Waals surface area (Å²) < 4.78 is 0. The molecule has 1 amide bonds. The summed E-state index contributed by atoms with van der Waals surface area (Å²) in [5, 5.41) is 4.45. The van der Waals surface area contributed by atoms with Gasteiger partial charge < -0.3 is 10.2 Å². The lowest BCUT2D eigenvalue weighted by Gasteiger charge is -2.28. The highest BCUT2D eigenvalue weighted by molar-refractivity contribution is 6.42. The van der Waals surface area contributed by atoms with Gasteiger partial charge in [-0.05, 0) is 50.9 Å². The largest absolute Gasteiger partial charge is 0.336 e. The van der Waals surface area contributed by atoms with Gasteiger partial charge in [-0.2, -0.15) is 0 Å². The lowest BCUT2D eigenvalue weighted by molar-refractivity contribution is -0.134. The average molecular weight is 329 g/mol. The molecule has 2 rings (SSSR count). The second kappa shape index (κ2) is 7.48. The van der Waals surface area contributed by atoms with Crippen LogP contribution in [-0.4, -0.2) is 29.4 Å². The van der Waals surface area contributed by atoms with Crippen LogP contribution in [0.4, 0.5) is 0 Å². The molecule has 1 aliphatic rings. The average Bonchev–Trinajstić information content (AvgIpc) is 2.92. The fourth-order valence-electron chi connectivity index (χ4n) is 2.65. The first kappa shape index (κ1) is 16.6. The van der Waals surface area contributed by atoms with Gasteiger partial charge in [0.25, 0.3) is 0 Å². The van der Waals surface area contributed by atoms with E-state index in [4.69, 9.17) is 23.2 Å². The Kier molecular flexibility index (Phi) is 5.91. The van der Waals surface area contributed by atoms with E-state index in [2.05, 4.69) is 5.32 Å². The zero-order valence-corrected chi connectivity index (χ0v) is 14.0. The van der Waals surface area contributed by atoms with Gasteiger partial charge in [0, 0.05) is 25.0 Å². The first-order valence-electron chi connectivity index (χ1n) is 7.44. The van der Waals surface area contributed by atoms with E-state index in [1.54, 1.807) is 6.07 Å². The van der Waals surface area contributed by atoms with Gasteiger partial charge in [0.15, 0.2) is 0 Å². The van der Waals surface area contributed by atoms with E-state index >= 15 is 0 Å². The third-order valence-corrected chi connectivity index (χ3v) is 4.60. The third-order valence-electron chi connectivity index (χ3n) is 3.86. The van der Waals surface area contributed by atoms with Crippen LogP contribution in [-0.2, 0) is 11.3 Å². The number of halogens is 2. The molecule has 1 aromatic rings. The quantitative estimate of drug-likeness (QED) is 0.889. The number of rotatable bonds is 5. The molecule has 1 atom stereocenters. The van der Waals surface area contributed by atoms with Gasteiger partial charge in [-0.25, -0.2) is 0 Å². The summed E-state index contributed by atoms with van der Waals surface area (Å²) in [6, 6.07) is 6.02. The molecule has 1 fully saturated rings. The number of hydrogen-bond acceptors (Lipinski definition) is 2. The van der Waals surface area contributed by atoms with Crippen molar-refractivity contribution in [2.45, 2.75) is 51.7 Å². The molecule has 0 saturated carbocycles. The monoisotopic (exact) mass is 328 g/mol. The van der Waals surface area contributed by atoms with Gasteiger partial charge in [-0.3, -0.25) is 4.79 Å². The van der Waals surface area contributed by atoms with Crippen LogP contribution in [0.1, 0.15) is 38.7 Å². The van der Waals surface area contributed by atoms with Crippen LogP contribution >= 0.6 is 23.2 Å². The summed E-state index contributed by atoms with van der Waals surface area (Å²) in [5.41, 5.74) is 1.01. The molecule has 1 unspecified atom stereocenters. The fourth-order valence-corrected chi connectivity index (χ4v) is 2.97. The van der Waals surface area contributed by atoms with Crippen LogP contribution < -0.4 is 5.32 Å². The number of nitrogens with one attached hydrogen (secondary N) is 1. The molecule has 1 aromatic carbocycles. The van der Waals surface area contributed by atoms with E-state index in [0.29, 0.717) is 29.1 Å². The Morgan fingerprint density at radius 1 is 1.38 bits per heavy atom. The second-order valence-electron chi connectivity index (χ2n) is 5.86. The predicted octanol–water partition coefficient (Wildman–Crippen LogP) is 3.87. The second-order valence-corrected chi connectivity index (χ2v) is 6.68. The number of nitrogens with zero attached hydrogens (tertiary/aromatic N) is 1. The molecule has 116 valence electrons. The van der Waals surface area contributed by atoms with Crippen molar-refractivity contribution in [2.75, 3.05) is 6.54 Å².